The van der Waals surface area contributed by atoms with Crippen molar-refractivity contribution in [2.45, 2.75) is 20.3 Å². The number of ether oxygens (including phenoxy) is 1. The molecule has 0 saturated heterocycles. The van der Waals surface area contributed by atoms with Gasteiger partial charge in [-0.05, 0) is 54.0 Å². The van der Waals surface area contributed by atoms with Crippen LogP contribution in [0.25, 0.3) is 0 Å². The molecule has 2 aromatic rings. The van der Waals surface area contributed by atoms with Gasteiger partial charge < -0.3 is 15.0 Å². The van der Waals surface area contributed by atoms with E-state index in [9.17, 15) is 9.59 Å². The number of hydrogen-bond acceptors (Lipinski definition) is 5. The minimum Gasteiger partial charge on any atom is -0.496 e. The fourth-order valence-electron chi connectivity index (χ4n) is 2.71. The minimum atomic E-state index is -0.510. The number of hydrogen-bond donors (Lipinski definition) is 2. The molecule has 0 fully saturated rings. The maximum atomic E-state index is 12.0. The van der Waals surface area contributed by atoms with Crippen LogP contribution in [0.1, 0.15) is 25.8 Å². The quantitative estimate of drug-likeness (QED) is 0.338. The number of halogens is 1. The molecule has 7 nitrogen and oxygen atoms in total. The van der Waals surface area contributed by atoms with Crippen molar-refractivity contribution in [3.8, 4) is 5.75 Å². The number of nitrogens with zero attached hydrogens (tertiary/aromatic N) is 2. The second kappa shape index (κ2) is 11.2. The van der Waals surface area contributed by atoms with Gasteiger partial charge in [-0.3, -0.25) is 9.59 Å². The lowest BCUT2D eigenvalue weighted by Gasteiger charge is -2.21. The van der Waals surface area contributed by atoms with E-state index in [1.54, 1.807) is 25.3 Å². The Balaban J connectivity index is 1.94. The second-order valence-corrected chi connectivity index (χ2v) is 6.95. The van der Waals surface area contributed by atoms with E-state index < -0.39 is 11.8 Å². The van der Waals surface area contributed by atoms with E-state index in [0.717, 1.165) is 28.8 Å². The van der Waals surface area contributed by atoms with E-state index in [2.05, 4.69) is 50.5 Å². The molecular weight excluding hydrogens is 436 g/mol. The molecule has 0 aliphatic rings. The molecule has 0 atom stereocenters. The van der Waals surface area contributed by atoms with Crippen LogP contribution in [-0.2, 0) is 9.59 Å². The van der Waals surface area contributed by atoms with Crippen LogP contribution < -0.4 is 20.4 Å². The fourth-order valence-corrected chi connectivity index (χ4v) is 3.09. The molecule has 0 aromatic heterocycles. The zero-order valence-corrected chi connectivity index (χ0v) is 18.3. The van der Waals surface area contributed by atoms with E-state index in [0.29, 0.717) is 11.4 Å². The number of para-hydroxylation sites is 1. The molecule has 0 saturated carbocycles. The van der Waals surface area contributed by atoms with Gasteiger partial charge in [0.25, 0.3) is 0 Å². The van der Waals surface area contributed by atoms with Crippen LogP contribution in [0.15, 0.2) is 52.0 Å². The van der Waals surface area contributed by atoms with Crippen molar-refractivity contribution in [2.75, 3.05) is 30.4 Å². The molecule has 8 heteroatoms. The summed E-state index contributed by atoms with van der Waals surface area (Å²) in [4.78, 5) is 26.2. The van der Waals surface area contributed by atoms with Crippen molar-refractivity contribution in [1.29, 1.82) is 0 Å². The van der Waals surface area contributed by atoms with Crippen molar-refractivity contribution in [1.82, 2.24) is 5.43 Å². The van der Waals surface area contributed by atoms with Crippen molar-refractivity contribution >= 4 is 45.3 Å². The Bertz CT molecular complexity index is 882. The molecule has 29 heavy (non-hydrogen) atoms. The zero-order valence-electron chi connectivity index (χ0n) is 16.7. The van der Waals surface area contributed by atoms with E-state index in [1.807, 2.05) is 24.3 Å². The number of carbonyl (C=O) groups excluding carboxylic acids is 2. The van der Waals surface area contributed by atoms with Gasteiger partial charge in [-0.25, -0.2) is 5.43 Å². The molecule has 2 N–H and O–H groups in total. The molecule has 0 aliphatic carbocycles. The average molecular weight is 461 g/mol. The summed E-state index contributed by atoms with van der Waals surface area (Å²) in [5.41, 5.74) is 4.75. The monoisotopic (exact) mass is 460 g/mol. The molecule has 2 aromatic carbocycles. The maximum Gasteiger partial charge on any atom is 0.249 e. The smallest absolute Gasteiger partial charge is 0.249 e. The van der Waals surface area contributed by atoms with Gasteiger partial charge in [0.1, 0.15) is 12.2 Å². The maximum absolute atomic E-state index is 12.0. The van der Waals surface area contributed by atoms with Gasteiger partial charge >= 0.3 is 0 Å². The summed E-state index contributed by atoms with van der Waals surface area (Å²) in [6, 6.07) is 13.0. The van der Waals surface area contributed by atoms with Crippen molar-refractivity contribution in [3.05, 3.63) is 52.5 Å². The standard InChI is InChI=1S/C21H25BrN4O3/c1-4-26(5-2)16-11-10-15(19(12-16)29-3)14-23-25-21(28)13-20(27)24-18-9-7-6-8-17(18)22/h6-12,14H,4-5,13H2,1-3H3,(H,24,27)(H,25,28). The van der Waals surface area contributed by atoms with Gasteiger partial charge in [0.15, 0.2) is 0 Å². The highest BCUT2D eigenvalue weighted by atomic mass is 79.9. The third-order valence-corrected chi connectivity index (χ3v) is 4.90. The highest BCUT2D eigenvalue weighted by molar-refractivity contribution is 9.10. The highest BCUT2D eigenvalue weighted by Crippen LogP contribution is 2.24. The van der Waals surface area contributed by atoms with Gasteiger partial charge in [-0.1, -0.05) is 12.1 Å². The minimum absolute atomic E-state index is 0.337. The normalized spacial score (nSPS) is 10.6. The first-order valence-electron chi connectivity index (χ1n) is 9.27. The predicted octanol–water partition coefficient (Wildman–Crippen LogP) is 3.78. The number of benzene rings is 2. The van der Waals surface area contributed by atoms with Crippen LogP contribution in [0, 0.1) is 0 Å². The predicted molar refractivity (Wildman–Crippen MR) is 120 cm³/mol. The number of rotatable bonds is 9. The van der Waals surface area contributed by atoms with Crippen LogP contribution in [0.2, 0.25) is 0 Å². The summed E-state index contributed by atoms with van der Waals surface area (Å²) in [6.07, 6.45) is 1.16. The summed E-state index contributed by atoms with van der Waals surface area (Å²) in [6.45, 7) is 5.97. The Hall–Kier alpha value is -2.87. The molecule has 0 spiro atoms. The van der Waals surface area contributed by atoms with Crippen LogP contribution >= 0.6 is 15.9 Å². The Kier molecular flexibility index (Phi) is 8.67. The lowest BCUT2D eigenvalue weighted by Crippen LogP contribution is -2.24. The molecule has 0 bridgehead atoms. The first-order chi connectivity index (χ1) is 14.0. The third kappa shape index (κ3) is 6.60. The van der Waals surface area contributed by atoms with Crippen molar-refractivity contribution in [3.63, 3.8) is 0 Å². The number of carbonyl (C=O) groups is 2. The summed E-state index contributed by atoms with van der Waals surface area (Å²) >= 11 is 3.34. The molecular formula is C21H25BrN4O3. The topological polar surface area (TPSA) is 83.0 Å². The molecule has 0 unspecified atom stereocenters. The average Bonchev–Trinajstić information content (AvgIpc) is 2.71. The van der Waals surface area contributed by atoms with Crippen molar-refractivity contribution in [2.24, 2.45) is 5.10 Å². The summed E-state index contributed by atoms with van der Waals surface area (Å²) in [5.74, 6) is -0.283. The van der Waals surface area contributed by atoms with Crippen LogP contribution in [0.4, 0.5) is 11.4 Å². The molecule has 0 heterocycles. The molecule has 2 amide bonds. The SMILES string of the molecule is CCN(CC)c1ccc(C=NNC(=O)CC(=O)Nc2ccccc2Br)c(OC)c1. The van der Waals surface area contributed by atoms with Gasteiger partial charge in [0.2, 0.25) is 11.8 Å². The summed E-state index contributed by atoms with van der Waals surface area (Å²) in [5, 5.41) is 6.61. The van der Waals surface area contributed by atoms with Gasteiger partial charge in [-0.15, -0.1) is 0 Å². The molecule has 0 aliphatic heterocycles. The lowest BCUT2D eigenvalue weighted by atomic mass is 10.2. The van der Waals surface area contributed by atoms with Crippen LogP contribution in [0.5, 0.6) is 5.75 Å². The number of hydrazone groups is 1. The van der Waals surface area contributed by atoms with E-state index in [1.165, 1.54) is 6.21 Å². The van der Waals surface area contributed by atoms with Gasteiger partial charge in [-0.2, -0.15) is 5.10 Å². The Morgan fingerprint density at radius 2 is 1.86 bits per heavy atom. The third-order valence-electron chi connectivity index (χ3n) is 4.21. The van der Waals surface area contributed by atoms with E-state index in [4.69, 9.17) is 4.74 Å². The summed E-state index contributed by atoms with van der Waals surface area (Å²) in [7, 11) is 1.59. The van der Waals surface area contributed by atoms with Gasteiger partial charge in [0, 0.05) is 34.9 Å². The number of methoxy groups -OCH3 is 1. The van der Waals surface area contributed by atoms with Crippen LogP contribution in [0.3, 0.4) is 0 Å². The second-order valence-electron chi connectivity index (χ2n) is 6.10. The fraction of sp³-hybridized carbons (Fsp3) is 0.286. The van der Waals surface area contributed by atoms with Crippen LogP contribution in [-0.4, -0.2) is 38.2 Å². The Morgan fingerprint density at radius 3 is 2.52 bits per heavy atom. The first kappa shape index (κ1) is 22.4. The molecule has 0 radical (unpaired) electrons. The Labute approximate surface area is 179 Å². The Morgan fingerprint density at radius 1 is 1.14 bits per heavy atom. The van der Waals surface area contributed by atoms with Crippen molar-refractivity contribution < 1.29 is 14.3 Å². The van der Waals surface area contributed by atoms with Gasteiger partial charge in [0.05, 0.1) is 19.0 Å². The number of amides is 2. The molecule has 2 rings (SSSR count). The lowest BCUT2D eigenvalue weighted by molar-refractivity contribution is -0.126. The zero-order chi connectivity index (χ0) is 21.2. The highest BCUT2D eigenvalue weighted by Gasteiger charge is 2.11. The summed E-state index contributed by atoms with van der Waals surface area (Å²) < 4.78 is 6.17. The van der Waals surface area contributed by atoms with E-state index >= 15 is 0 Å². The molecule has 154 valence electrons. The first-order valence-corrected chi connectivity index (χ1v) is 10.1. The number of anilines is 2. The largest absolute Gasteiger partial charge is 0.496 e. The van der Waals surface area contributed by atoms with E-state index in [-0.39, 0.29) is 6.42 Å². The number of nitrogens with one attached hydrogen (secondary N) is 2.